The molecule has 7 heteroatoms. The number of nitrogens with one attached hydrogen (secondary N) is 1. The number of amides is 1. The molecule has 4 rings (SSSR count). The van der Waals surface area contributed by atoms with Crippen LogP contribution in [0.1, 0.15) is 10.4 Å². The molecule has 0 atom stereocenters. The molecular formula is C18H16FN3O2S. The Morgan fingerprint density at radius 2 is 2.00 bits per heavy atom. The number of hydrogen-bond donors (Lipinski definition) is 1. The Morgan fingerprint density at radius 3 is 2.80 bits per heavy atom. The summed E-state index contributed by atoms with van der Waals surface area (Å²) in [7, 11) is 0. The average molecular weight is 357 g/mol. The maximum Gasteiger partial charge on any atom is 0.260 e. The van der Waals surface area contributed by atoms with Gasteiger partial charge in [0.25, 0.3) is 5.91 Å². The van der Waals surface area contributed by atoms with Crippen LogP contribution >= 0.6 is 11.3 Å². The largest absolute Gasteiger partial charge is 0.378 e. The number of hydrogen-bond acceptors (Lipinski definition) is 5. The number of aromatic nitrogens is 1. The fourth-order valence-corrected chi connectivity index (χ4v) is 3.69. The van der Waals surface area contributed by atoms with Crippen LogP contribution < -0.4 is 10.2 Å². The molecule has 0 aliphatic carbocycles. The van der Waals surface area contributed by atoms with E-state index in [2.05, 4.69) is 21.3 Å². The third kappa shape index (κ3) is 3.33. The van der Waals surface area contributed by atoms with Gasteiger partial charge in [0.2, 0.25) is 0 Å². The second-order valence-electron chi connectivity index (χ2n) is 5.70. The lowest BCUT2D eigenvalue weighted by Gasteiger charge is -2.28. The lowest BCUT2D eigenvalue weighted by molar-refractivity contribution is 0.102. The van der Waals surface area contributed by atoms with Crippen molar-refractivity contribution in [2.75, 3.05) is 36.5 Å². The van der Waals surface area contributed by atoms with Gasteiger partial charge in [-0.1, -0.05) is 23.5 Å². The third-order valence-electron chi connectivity index (χ3n) is 4.09. The number of benzene rings is 2. The van der Waals surface area contributed by atoms with E-state index in [4.69, 9.17) is 4.74 Å². The third-order valence-corrected chi connectivity index (χ3v) is 5.02. The van der Waals surface area contributed by atoms with Crippen molar-refractivity contribution in [3.8, 4) is 0 Å². The van der Waals surface area contributed by atoms with Gasteiger partial charge in [0, 0.05) is 18.8 Å². The minimum Gasteiger partial charge on any atom is -0.378 e. The Hall–Kier alpha value is -2.51. The number of carbonyl (C=O) groups excluding carboxylic acids is 1. The normalized spacial score (nSPS) is 14.7. The van der Waals surface area contributed by atoms with Crippen molar-refractivity contribution >= 4 is 38.3 Å². The summed E-state index contributed by atoms with van der Waals surface area (Å²) >= 11 is 1.38. The van der Waals surface area contributed by atoms with Crippen LogP contribution in [0.3, 0.4) is 0 Å². The van der Waals surface area contributed by atoms with Crippen LogP contribution in [-0.4, -0.2) is 37.2 Å². The number of morpholine rings is 1. The van der Waals surface area contributed by atoms with Crippen molar-refractivity contribution in [3.63, 3.8) is 0 Å². The fourth-order valence-electron chi connectivity index (χ4n) is 2.79. The van der Waals surface area contributed by atoms with E-state index in [9.17, 15) is 9.18 Å². The molecule has 5 nitrogen and oxygen atoms in total. The quantitative estimate of drug-likeness (QED) is 0.779. The summed E-state index contributed by atoms with van der Waals surface area (Å²) in [6.45, 7) is 3.18. The van der Waals surface area contributed by atoms with Gasteiger partial charge in [-0.25, -0.2) is 9.37 Å². The number of anilines is 2. The highest BCUT2D eigenvalue weighted by Gasteiger charge is 2.15. The Labute approximate surface area is 148 Å². The SMILES string of the molecule is O=C(Nc1nc2ccc(N3CCOCC3)cc2s1)c1ccccc1F. The molecule has 1 N–H and O–H groups in total. The highest BCUT2D eigenvalue weighted by Crippen LogP contribution is 2.30. The zero-order valence-corrected chi connectivity index (χ0v) is 14.2. The van der Waals surface area contributed by atoms with Crippen molar-refractivity contribution in [2.24, 2.45) is 0 Å². The first-order valence-electron chi connectivity index (χ1n) is 8.00. The zero-order chi connectivity index (χ0) is 17.2. The molecule has 2 heterocycles. The monoisotopic (exact) mass is 357 g/mol. The maximum atomic E-state index is 13.7. The van der Waals surface area contributed by atoms with Crippen molar-refractivity contribution in [1.29, 1.82) is 0 Å². The Balaban J connectivity index is 1.56. The van der Waals surface area contributed by atoms with Gasteiger partial charge in [-0.2, -0.15) is 0 Å². The van der Waals surface area contributed by atoms with Crippen molar-refractivity contribution < 1.29 is 13.9 Å². The minimum absolute atomic E-state index is 0.00996. The predicted molar refractivity (Wildman–Crippen MR) is 97.0 cm³/mol. The second kappa shape index (κ2) is 6.78. The van der Waals surface area contributed by atoms with E-state index in [1.807, 2.05) is 12.1 Å². The lowest BCUT2D eigenvalue weighted by Crippen LogP contribution is -2.36. The lowest BCUT2D eigenvalue weighted by atomic mass is 10.2. The Bertz CT molecular complexity index is 922. The van der Waals surface area contributed by atoms with Gasteiger partial charge in [-0.05, 0) is 30.3 Å². The van der Waals surface area contributed by atoms with Crippen LogP contribution in [0.25, 0.3) is 10.2 Å². The number of thiazole rings is 1. The summed E-state index contributed by atoms with van der Waals surface area (Å²) in [5, 5.41) is 3.14. The number of rotatable bonds is 3. The zero-order valence-electron chi connectivity index (χ0n) is 13.4. The van der Waals surface area contributed by atoms with E-state index in [1.165, 1.54) is 23.5 Å². The van der Waals surface area contributed by atoms with Crippen LogP contribution in [0.15, 0.2) is 42.5 Å². The van der Waals surface area contributed by atoms with Crippen LogP contribution in [0.4, 0.5) is 15.2 Å². The van der Waals surface area contributed by atoms with Crippen molar-refractivity contribution in [2.45, 2.75) is 0 Å². The number of nitrogens with zero attached hydrogens (tertiary/aromatic N) is 2. The molecule has 3 aromatic rings. The minimum atomic E-state index is -0.546. The molecule has 1 amide bonds. The molecule has 1 aliphatic heterocycles. The van der Waals surface area contributed by atoms with Gasteiger partial charge in [0.05, 0.1) is 29.0 Å². The highest BCUT2D eigenvalue weighted by molar-refractivity contribution is 7.22. The number of carbonyl (C=O) groups is 1. The molecule has 0 spiro atoms. The molecule has 25 heavy (non-hydrogen) atoms. The summed E-state index contributed by atoms with van der Waals surface area (Å²) < 4.78 is 20.1. The number of fused-ring (bicyclic) bond motifs is 1. The predicted octanol–water partition coefficient (Wildman–Crippen LogP) is 3.52. The summed E-state index contributed by atoms with van der Waals surface area (Å²) in [6, 6.07) is 11.9. The maximum absolute atomic E-state index is 13.7. The smallest absolute Gasteiger partial charge is 0.260 e. The van der Waals surface area contributed by atoms with E-state index in [0.29, 0.717) is 5.13 Å². The van der Waals surface area contributed by atoms with Crippen LogP contribution in [-0.2, 0) is 4.74 Å². The van der Waals surface area contributed by atoms with E-state index in [0.717, 1.165) is 42.2 Å². The second-order valence-corrected chi connectivity index (χ2v) is 6.74. The van der Waals surface area contributed by atoms with Gasteiger partial charge < -0.3 is 9.64 Å². The molecular weight excluding hydrogens is 341 g/mol. The summed E-state index contributed by atoms with van der Waals surface area (Å²) in [5.41, 5.74) is 1.94. The first-order chi connectivity index (χ1) is 12.2. The number of halogens is 1. The Kier molecular flexibility index (Phi) is 4.33. The molecule has 1 fully saturated rings. The highest BCUT2D eigenvalue weighted by atomic mass is 32.1. The molecule has 1 aliphatic rings. The van der Waals surface area contributed by atoms with Gasteiger partial charge in [-0.15, -0.1) is 0 Å². The number of ether oxygens (including phenoxy) is 1. The first-order valence-corrected chi connectivity index (χ1v) is 8.81. The summed E-state index contributed by atoms with van der Waals surface area (Å²) in [5.74, 6) is -1.04. The van der Waals surface area contributed by atoms with Crippen LogP contribution in [0.2, 0.25) is 0 Å². The van der Waals surface area contributed by atoms with Crippen LogP contribution in [0.5, 0.6) is 0 Å². The van der Waals surface area contributed by atoms with Gasteiger partial charge in [0.15, 0.2) is 5.13 Å². The average Bonchev–Trinajstić information content (AvgIpc) is 3.04. The van der Waals surface area contributed by atoms with Crippen molar-refractivity contribution in [1.82, 2.24) is 4.98 Å². The van der Waals surface area contributed by atoms with Gasteiger partial charge >= 0.3 is 0 Å². The topological polar surface area (TPSA) is 54.5 Å². The van der Waals surface area contributed by atoms with Gasteiger partial charge in [0.1, 0.15) is 5.82 Å². The first kappa shape index (κ1) is 16.0. The Morgan fingerprint density at radius 1 is 1.20 bits per heavy atom. The molecule has 1 aromatic heterocycles. The van der Waals surface area contributed by atoms with Crippen LogP contribution in [0, 0.1) is 5.82 Å². The molecule has 0 unspecified atom stereocenters. The standard InChI is InChI=1S/C18H16FN3O2S/c19-14-4-2-1-3-13(14)17(23)21-18-20-15-6-5-12(11-16(15)25-18)22-7-9-24-10-8-22/h1-6,11H,7-10H2,(H,20,21,23). The molecule has 0 radical (unpaired) electrons. The van der Waals surface area contributed by atoms with Crippen molar-refractivity contribution in [3.05, 3.63) is 53.8 Å². The summed E-state index contributed by atoms with van der Waals surface area (Å²) in [6.07, 6.45) is 0. The molecule has 0 bridgehead atoms. The fraction of sp³-hybridized carbons (Fsp3) is 0.222. The summed E-state index contributed by atoms with van der Waals surface area (Å²) in [4.78, 5) is 18.9. The van der Waals surface area contributed by atoms with E-state index >= 15 is 0 Å². The molecule has 128 valence electrons. The molecule has 0 saturated carbocycles. The molecule has 2 aromatic carbocycles. The van der Waals surface area contributed by atoms with E-state index < -0.39 is 11.7 Å². The van der Waals surface area contributed by atoms with Gasteiger partial charge in [-0.3, -0.25) is 10.1 Å². The molecule has 1 saturated heterocycles. The van der Waals surface area contributed by atoms with E-state index in [1.54, 1.807) is 12.1 Å². The van der Waals surface area contributed by atoms with E-state index in [-0.39, 0.29) is 5.56 Å².